The minimum atomic E-state index is -4.40. The van der Waals surface area contributed by atoms with E-state index in [2.05, 4.69) is 26.2 Å². The van der Waals surface area contributed by atoms with E-state index in [1.807, 2.05) is 7.05 Å². The van der Waals surface area contributed by atoms with Crippen LogP contribution in [0, 0.1) is 0 Å². The molecule has 1 N–H and O–H groups in total. The minimum absolute atomic E-state index is 0.0126. The average Bonchev–Trinajstić information content (AvgIpc) is 2.45. The highest BCUT2D eigenvalue weighted by molar-refractivity contribution is 9.10. The standard InChI is InChI=1S/C14H19BrF3N3/c1-19-10-3-5-11(6-4-10)21(2)13-12(14(16,17)18)7-9(15)8-20-13/h7-8,10-11,19H,3-6H2,1-2H3. The van der Waals surface area contributed by atoms with Gasteiger partial charge in [0.15, 0.2) is 0 Å². The van der Waals surface area contributed by atoms with Gasteiger partial charge in [0.2, 0.25) is 0 Å². The zero-order valence-corrected chi connectivity index (χ0v) is 13.6. The summed E-state index contributed by atoms with van der Waals surface area (Å²) in [6.45, 7) is 0. The Bertz CT molecular complexity index is 485. The van der Waals surface area contributed by atoms with Crippen molar-refractivity contribution in [3.05, 3.63) is 22.3 Å². The Morgan fingerprint density at radius 1 is 1.29 bits per heavy atom. The van der Waals surface area contributed by atoms with Crippen LogP contribution in [-0.2, 0) is 6.18 Å². The molecular weight excluding hydrogens is 347 g/mol. The second-order valence-electron chi connectivity index (χ2n) is 5.43. The molecule has 0 bridgehead atoms. The Balaban J connectivity index is 2.21. The molecule has 21 heavy (non-hydrogen) atoms. The number of hydrogen-bond acceptors (Lipinski definition) is 3. The third kappa shape index (κ3) is 3.88. The fourth-order valence-electron chi connectivity index (χ4n) is 2.85. The molecule has 0 radical (unpaired) electrons. The van der Waals surface area contributed by atoms with E-state index in [0.29, 0.717) is 10.5 Å². The van der Waals surface area contributed by atoms with Crippen LogP contribution in [0.5, 0.6) is 0 Å². The molecule has 7 heteroatoms. The molecule has 0 saturated heterocycles. The fraction of sp³-hybridized carbons (Fsp3) is 0.643. The summed E-state index contributed by atoms with van der Waals surface area (Å²) in [5.74, 6) is 0.0126. The molecule has 1 aliphatic carbocycles. The predicted molar refractivity (Wildman–Crippen MR) is 80.4 cm³/mol. The lowest BCUT2D eigenvalue weighted by Gasteiger charge is -2.36. The summed E-state index contributed by atoms with van der Waals surface area (Å²) in [4.78, 5) is 5.68. The van der Waals surface area contributed by atoms with Gasteiger partial charge in [-0.15, -0.1) is 0 Å². The van der Waals surface area contributed by atoms with E-state index in [4.69, 9.17) is 0 Å². The number of nitrogens with one attached hydrogen (secondary N) is 1. The van der Waals surface area contributed by atoms with Crippen molar-refractivity contribution in [2.75, 3.05) is 19.0 Å². The highest BCUT2D eigenvalue weighted by atomic mass is 79.9. The van der Waals surface area contributed by atoms with Crippen molar-refractivity contribution in [1.82, 2.24) is 10.3 Å². The number of anilines is 1. The number of alkyl halides is 3. The molecule has 1 aromatic heterocycles. The van der Waals surface area contributed by atoms with Crippen molar-refractivity contribution >= 4 is 21.7 Å². The van der Waals surface area contributed by atoms with E-state index in [1.165, 1.54) is 6.20 Å². The lowest BCUT2D eigenvalue weighted by Crippen LogP contribution is -2.40. The first-order chi connectivity index (χ1) is 9.82. The van der Waals surface area contributed by atoms with Crippen LogP contribution >= 0.6 is 15.9 Å². The quantitative estimate of drug-likeness (QED) is 0.882. The van der Waals surface area contributed by atoms with Crippen LogP contribution in [0.25, 0.3) is 0 Å². The molecule has 1 saturated carbocycles. The Morgan fingerprint density at radius 2 is 1.90 bits per heavy atom. The Hall–Kier alpha value is -0.820. The first kappa shape index (κ1) is 16.5. The zero-order chi connectivity index (χ0) is 15.6. The third-order valence-electron chi connectivity index (χ3n) is 4.13. The molecule has 3 nitrogen and oxygen atoms in total. The van der Waals surface area contributed by atoms with E-state index in [1.54, 1.807) is 11.9 Å². The summed E-state index contributed by atoms with van der Waals surface area (Å²) in [7, 11) is 3.63. The summed E-state index contributed by atoms with van der Waals surface area (Å²) in [5.41, 5.74) is -0.685. The van der Waals surface area contributed by atoms with Gasteiger partial charge < -0.3 is 10.2 Å². The molecule has 0 spiro atoms. The smallest absolute Gasteiger partial charge is 0.356 e. The van der Waals surface area contributed by atoms with Crippen molar-refractivity contribution < 1.29 is 13.2 Å². The molecular formula is C14H19BrF3N3. The SMILES string of the molecule is CNC1CCC(N(C)c2ncc(Br)cc2C(F)(F)F)CC1. The number of aromatic nitrogens is 1. The van der Waals surface area contributed by atoms with Gasteiger partial charge in [-0.1, -0.05) is 0 Å². The minimum Gasteiger partial charge on any atom is -0.356 e. The average molecular weight is 366 g/mol. The van der Waals surface area contributed by atoms with Gasteiger partial charge in [0.05, 0.1) is 5.56 Å². The van der Waals surface area contributed by atoms with E-state index >= 15 is 0 Å². The summed E-state index contributed by atoms with van der Waals surface area (Å²) in [6, 6.07) is 1.66. The Labute approximate surface area is 131 Å². The highest BCUT2D eigenvalue weighted by Gasteiger charge is 2.37. The van der Waals surface area contributed by atoms with E-state index < -0.39 is 11.7 Å². The maximum atomic E-state index is 13.2. The number of pyridine rings is 1. The second kappa shape index (κ2) is 6.52. The summed E-state index contributed by atoms with van der Waals surface area (Å²) in [6.07, 6.45) is 0.712. The second-order valence-corrected chi connectivity index (χ2v) is 6.34. The van der Waals surface area contributed by atoms with E-state index in [0.717, 1.165) is 31.7 Å². The van der Waals surface area contributed by atoms with Crippen LogP contribution in [0.15, 0.2) is 16.7 Å². The van der Waals surface area contributed by atoms with Crippen molar-refractivity contribution in [2.24, 2.45) is 0 Å². The maximum absolute atomic E-state index is 13.2. The third-order valence-corrected chi connectivity index (χ3v) is 4.56. The summed E-state index contributed by atoms with van der Waals surface area (Å²) < 4.78 is 39.9. The molecule has 1 fully saturated rings. The van der Waals surface area contributed by atoms with Gasteiger partial charge in [-0.25, -0.2) is 4.98 Å². The lowest BCUT2D eigenvalue weighted by molar-refractivity contribution is -0.137. The van der Waals surface area contributed by atoms with Gasteiger partial charge in [0.25, 0.3) is 0 Å². The molecule has 1 aromatic rings. The van der Waals surface area contributed by atoms with Gasteiger partial charge in [0, 0.05) is 29.8 Å². The van der Waals surface area contributed by atoms with Gasteiger partial charge >= 0.3 is 6.18 Å². The van der Waals surface area contributed by atoms with Crippen LogP contribution in [0.1, 0.15) is 31.2 Å². The molecule has 2 rings (SSSR count). The van der Waals surface area contributed by atoms with Crippen LogP contribution in [0.2, 0.25) is 0 Å². The van der Waals surface area contributed by atoms with Crippen LogP contribution in [-0.4, -0.2) is 31.2 Å². The van der Waals surface area contributed by atoms with Gasteiger partial charge in [-0.3, -0.25) is 0 Å². The first-order valence-electron chi connectivity index (χ1n) is 6.95. The molecule has 0 atom stereocenters. The van der Waals surface area contributed by atoms with Crippen LogP contribution in [0.4, 0.5) is 19.0 Å². The summed E-state index contributed by atoms with van der Waals surface area (Å²) in [5, 5.41) is 3.23. The van der Waals surface area contributed by atoms with Crippen LogP contribution in [0.3, 0.4) is 0 Å². The van der Waals surface area contributed by atoms with Crippen molar-refractivity contribution in [2.45, 2.75) is 43.9 Å². The maximum Gasteiger partial charge on any atom is 0.419 e. The Kier molecular flexibility index (Phi) is 5.14. The topological polar surface area (TPSA) is 28.2 Å². The Morgan fingerprint density at radius 3 is 2.43 bits per heavy atom. The van der Waals surface area contributed by atoms with Gasteiger partial charge in [-0.2, -0.15) is 13.2 Å². The number of rotatable bonds is 3. The number of nitrogens with zero attached hydrogens (tertiary/aromatic N) is 2. The molecule has 118 valence electrons. The lowest BCUT2D eigenvalue weighted by atomic mass is 9.90. The number of hydrogen-bond donors (Lipinski definition) is 1. The largest absolute Gasteiger partial charge is 0.419 e. The molecule has 1 heterocycles. The molecule has 0 aliphatic heterocycles. The van der Waals surface area contributed by atoms with Crippen molar-refractivity contribution in [3.63, 3.8) is 0 Å². The number of halogens is 4. The monoisotopic (exact) mass is 365 g/mol. The molecule has 1 aliphatic rings. The van der Waals surface area contributed by atoms with Crippen molar-refractivity contribution in [3.8, 4) is 0 Å². The zero-order valence-electron chi connectivity index (χ0n) is 12.0. The molecule has 0 amide bonds. The summed E-state index contributed by atoms with van der Waals surface area (Å²) >= 11 is 3.06. The van der Waals surface area contributed by atoms with Crippen LogP contribution < -0.4 is 10.2 Å². The fourth-order valence-corrected chi connectivity index (χ4v) is 3.18. The predicted octanol–water partition coefficient (Wildman–Crippen LogP) is 3.83. The van der Waals surface area contributed by atoms with E-state index in [9.17, 15) is 13.2 Å². The highest BCUT2D eigenvalue weighted by Crippen LogP contribution is 2.38. The van der Waals surface area contributed by atoms with Crippen molar-refractivity contribution in [1.29, 1.82) is 0 Å². The normalized spacial score (nSPS) is 23.1. The van der Waals surface area contributed by atoms with Gasteiger partial charge in [0.1, 0.15) is 5.82 Å². The van der Waals surface area contributed by atoms with Gasteiger partial charge in [-0.05, 0) is 54.7 Å². The van der Waals surface area contributed by atoms with E-state index in [-0.39, 0.29) is 11.9 Å². The molecule has 0 aromatic carbocycles. The first-order valence-corrected chi connectivity index (χ1v) is 7.75. The molecule has 0 unspecified atom stereocenters.